The number of benzene rings is 1. The summed E-state index contributed by atoms with van der Waals surface area (Å²) in [7, 11) is 0. The Hall–Kier alpha value is -1.75. The lowest BCUT2D eigenvalue weighted by molar-refractivity contribution is -0.0254. The van der Waals surface area contributed by atoms with Crippen LogP contribution < -0.4 is 5.73 Å². The molecule has 3 nitrogen and oxygen atoms in total. The van der Waals surface area contributed by atoms with Crippen LogP contribution in [-0.2, 0) is 18.9 Å². The molecule has 0 saturated heterocycles. The van der Waals surface area contributed by atoms with Crippen molar-refractivity contribution < 1.29 is 8.78 Å². The Balaban J connectivity index is 2.12. The third-order valence-corrected chi connectivity index (χ3v) is 2.68. The van der Waals surface area contributed by atoms with E-state index in [0.29, 0.717) is 13.0 Å². The average Bonchev–Trinajstić information content (AvgIpc) is 2.77. The van der Waals surface area contributed by atoms with E-state index in [1.807, 2.05) is 0 Å². The average molecular weight is 251 g/mol. The van der Waals surface area contributed by atoms with E-state index in [1.54, 1.807) is 30.6 Å². The highest BCUT2D eigenvalue weighted by atomic mass is 19.3. The third kappa shape index (κ3) is 2.92. The van der Waals surface area contributed by atoms with Gasteiger partial charge in [0.05, 0.1) is 6.20 Å². The molecule has 0 radical (unpaired) electrons. The lowest BCUT2D eigenvalue weighted by Crippen LogP contribution is -2.21. The number of hydrogen-bond acceptors (Lipinski definition) is 2. The zero-order valence-corrected chi connectivity index (χ0v) is 9.89. The van der Waals surface area contributed by atoms with Crippen molar-refractivity contribution in [1.29, 1.82) is 0 Å². The molecule has 0 aliphatic rings. The second kappa shape index (κ2) is 5.27. The molecule has 96 valence electrons. The summed E-state index contributed by atoms with van der Waals surface area (Å²) in [6.45, 7) is 0.0301. The molecular weight excluding hydrogens is 236 g/mol. The maximum absolute atomic E-state index is 14.0. The van der Waals surface area contributed by atoms with Gasteiger partial charge < -0.3 is 5.73 Å². The first-order chi connectivity index (χ1) is 8.62. The molecule has 2 aromatic rings. The fourth-order valence-electron chi connectivity index (χ4n) is 1.77. The number of halogens is 2. The highest BCUT2D eigenvalue weighted by Gasteiger charge is 2.32. The fraction of sp³-hybridized carbons (Fsp3) is 0.308. The molecule has 2 rings (SSSR count). The minimum absolute atomic E-state index is 0.000810. The zero-order valence-electron chi connectivity index (χ0n) is 9.89. The van der Waals surface area contributed by atoms with E-state index < -0.39 is 12.5 Å². The highest BCUT2D eigenvalue weighted by Crippen LogP contribution is 2.29. The van der Waals surface area contributed by atoms with Crippen LogP contribution in [0.3, 0.4) is 0 Å². The maximum Gasteiger partial charge on any atom is 0.292 e. The maximum atomic E-state index is 14.0. The number of nitrogens with zero attached hydrogens (tertiary/aromatic N) is 2. The zero-order chi connectivity index (χ0) is 13.0. The summed E-state index contributed by atoms with van der Waals surface area (Å²) in [6.07, 6.45) is 3.84. The van der Waals surface area contributed by atoms with Crippen LogP contribution in [-0.4, -0.2) is 16.3 Å². The number of nitrogens with two attached hydrogens (primary N) is 1. The van der Waals surface area contributed by atoms with Crippen molar-refractivity contribution in [2.45, 2.75) is 18.9 Å². The van der Waals surface area contributed by atoms with Crippen LogP contribution in [0.5, 0.6) is 0 Å². The van der Waals surface area contributed by atoms with Gasteiger partial charge in [-0.1, -0.05) is 30.3 Å². The van der Waals surface area contributed by atoms with Crippen molar-refractivity contribution in [3.8, 4) is 0 Å². The van der Waals surface area contributed by atoms with Gasteiger partial charge in [0.15, 0.2) is 0 Å². The summed E-state index contributed by atoms with van der Waals surface area (Å²) in [4.78, 5) is 0. The quantitative estimate of drug-likeness (QED) is 0.885. The van der Waals surface area contributed by atoms with E-state index in [1.165, 1.54) is 16.8 Å². The molecule has 0 bridgehead atoms. The van der Waals surface area contributed by atoms with E-state index in [4.69, 9.17) is 5.73 Å². The van der Waals surface area contributed by atoms with Gasteiger partial charge in [-0.2, -0.15) is 13.9 Å². The molecule has 0 spiro atoms. The van der Waals surface area contributed by atoms with Gasteiger partial charge in [0.1, 0.15) is 6.54 Å². The molecule has 0 unspecified atom stereocenters. The third-order valence-electron chi connectivity index (χ3n) is 2.68. The van der Waals surface area contributed by atoms with Crippen LogP contribution in [0, 0.1) is 0 Å². The van der Waals surface area contributed by atoms with Crippen LogP contribution in [0.1, 0.15) is 11.1 Å². The molecule has 0 amide bonds. The molecule has 0 fully saturated rings. The Morgan fingerprint density at radius 1 is 1.22 bits per heavy atom. The minimum atomic E-state index is -2.92. The van der Waals surface area contributed by atoms with E-state index in [-0.39, 0.29) is 5.56 Å². The predicted octanol–water partition coefficient (Wildman–Crippen LogP) is 2.18. The molecule has 2 N–H and O–H groups in total. The van der Waals surface area contributed by atoms with Crippen molar-refractivity contribution in [3.05, 3.63) is 53.9 Å². The number of alkyl halides is 2. The van der Waals surface area contributed by atoms with Gasteiger partial charge in [-0.25, -0.2) is 0 Å². The van der Waals surface area contributed by atoms with Crippen molar-refractivity contribution in [2.24, 2.45) is 5.73 Å². The number of hydrogen-bond donors (Lipinski definition) is 1. The molecule has 0 atom stereocenters. The molecule has 5 heteroatoms. The van der Waals surface area contributed by atoms with Crippen LogP contribution in [0.25, 0.3) is 0 Å². The van der Waals surface area contributed by atoms with Gasteiger partial charge >= 0.3 is 0 Å². The Bertz CT molecular complexity index is 494. The smallest absolute Gasteiger partial charge is 0.292 e. The van der Waals surface area contributed by atoms with Crippen molar-refractivity contribution in [3.63, 3.8) is 0 Å². The van der Waals surface area contributed by atoms with Gasteiger partial charge in [-0.3, -0.25) is 4.68 Å². The standard InChI is InChI=1S/C13H15F2N3/c14-13(15,12-4-2-1-3-5-12)10-18-9-11(6-7-16)8-17-18/h1-5,8-9H,6-7,10,16H2. The van der Waals surface area contributed by atoms with Gasteiger partial charge in [0, 0.05) is 11.8 Å². The van der Waals surface area contributed by atoms with E-state index >= 15 is 0 Å². The molecule has 1 heterocycles. The molecule has 1 aromatic carbocycles. The summed E-state index contributed by atoms with van der Waals surface area (Å²) in [5.41, 5.74) is 6.28. The topological polar surface area (TPSA) is 43.8 Å². The minimum Gasteiger partial charge on any atom is -0.330 e. The van der Waals surface area contributed by atoms with Gasteiger partial charge in [-0.05, 0) is 18.5 Å². The second-order valence-electron chi connectivity index (χ2n) is 4.16. The first-order valence-corrected chi connectivity index (χ1v) is 5.76. The Kier molecular flexibility index (Phi) is 3.72. The second-order valence-corrected chi connectivity index (χ2v) is 4.16. The fourth-order valence-corrected chi connectivity index (χ4v) is 1.77. The summed E-state index contributed by atoms with van der Waals surface area (Å²) < 4.78 is 29.2. The van der Waals surface area contributed by atoms with Crippen molar-refractivity contribution in [2.75, 3.05) is 6.54 Å². The summed E-state index contributed by atoms with van der Waals surface area (Å²) in [5.74, 6) is -2.92. The largest absolute Gasteiger partial charge is 0.330 e. The van der Waals surface area contributed by atoms with E-state index in [0.717, 1.165) is 5.56 Å². The summed E-state index contributed by atoms with van der Waals surface area (Å²) in [5, 5.41) is 3.93. The summed E-state index contributed by atoms with van der Waals surface area (Å²) >= 11 is 0. The van der Waals surface area contributed by atoms with Gasteiger partial charge in [-0.15, -0.1) is 0 Å². The van der Waals surface area contributed by atoms with Crippen LogP contribution in [0.2, 0.25) is 0 Å². The molecule has 18 heavy (non-hydrogen) atoms. The van der Waals surface area contributed by atoms with Crippen LogP contribution in [0.4, 0.5) is 8.78 Å². The van der Waals surface area contributed by atoms with Crippen LogP contribution >= 0.6 is 0 Å². The van der Waals surface area contributed by atoms with Gasteiger partial charge in [0.2, 0.25) is 0 Å². The normalized spacial score (nSPS) is 11.7. The number of aromatic nitrogens is 2. The molecular formula is C13H15F2N3. The molecule has 0 aliphatic carbocycles. The van der Waals surface area contributed by atoms with Crippen LogP contribution in [0.15, 0.2) is 42.7 Å². The summed E-state index contributed by atoms with van der Waals surface area (Å²) in [6, 6.07) is 7.76. The molecule has 0 saturated carbocycles. The first kappa shape index (κ1) is 12.7. The highest BCUT2D eigenvalue weighted by molar-refractivity contribution is 5.20. The number of rotatable bonds is 5. The van der Waals surface area contributed by atoms with E-state index in [2.05, 4.69) is 5.10 Å². The predicted molar refractivity (Wildman–Crippen MR) is 65.3 cm³/mol. The monoisotopic (exact) mass is 251 g/mol. The Morgan fingerprint density at radius 3 is 2.61 bits per heavy atom. The molecule has 0 aliphatic heterocycles. The lowest BCUT2D eigenvalue weighted by atomic mass is 10.1. The van der Waals surface area contributed by atoms with Gasteiger partial charge in [0.25, 0.3) is 5.92 Å². The van der Waals surface area contributed by atoms with Crippen molar-refractivity contribution in [1.82, 2.24) is 9.78 Å². The Labute approximate surface area is 104 Å². The first-order valence-electron chi connectivity index (χ1n) is 5.76. The SMILES string of the molecule is NCCc1cnn(CC(F)(F)c2ccccc2)c1. The Morgan fingerprint density at radius 2 is 1.94 bits per heavy atom. The lowest BCUT2D eigenvalue weighted by Gasteiger charge is -2.16. The van der Waals surface area contributed by atoms with Crippen molar-refractivity contribution >= 4 is 0 Å². The molecule has 1 aromatic heterocycles. The van der Waals surface area contributed by atoms with E-state index in [9.17, 15) is 8.78 Å².